The fourth-order valence-corrected chi connectivity index (χ4v) is 2.70. The highest BCUT2D eigenvalue weighted by atomic mass is 15.3. The van der Waals surface area contributed by atoms with Gasteiger partial charge in [0.2, 0.25) is 0 Å². The van der Waals surface area contributed by atoms with Crippen molar-refractivity contribution >= 4 is 11.6 Å². The van der Waals surface area contributed by atoms with Crippen molar-refractivity contribution in [2.45, 2.75) is 27.7 Å². The van der Waals surface area contributed by atoms with Gasteiger partial charge in [-0.1, -0.05) is 6.92 Å². The van der Waals surface area contributed by atoms with Gasteiger partial charge < -0.3 is 14.7 Å². The third-order valence-corrected chi connectivity index (χ3v) is 4.04. The van der Waals surface area contributed by atoms with Gasteiger partial charge in [0.25, 0.3) is 0 Å². The van der Waals surface area contributed by atoms with Crippen LogP contribution in [0.25, 0.3) is 0 Å². The van der Waals surface area contributed by atoms with E-state index in [1.165, 1.54) is 0 Å². The molecule has 0 atom stereocenters. The number of aromatic nitrogens is 2. The number of hydrogen-bond donors (Lipinski definition) is 0. The number of anilines is 2. The van der Waals surface area contributed by atoms with Crippen LogP contribution in [0.15, 0.2) is 6.07 Å². The van der Waals surface area contributed by atoms with Crippen LogP contribution in [0.1, 0.15) is 26.6 Å². The van der Waals surface area contributed by atoms with Crippen LogP contribution in [-0.2, 0) is 0 Å². The van der Waals surface area contributed by atoms with E-state index in [4.69, 9.17) is 0 Å². The second kappa shape index (κ2) is 6.88. The summed E-state index contributed by atoms with van der Waals surface area (Å²) in [5.41, 5.74) is 0. The summed E-state index contributed by atoms with van der Waals surface area (Å²) in [5.74, 6) is 2.99. The van der Waals surface area contributed by atoms with Crippen LogP contribution in [-0.4, -0.2) is 60.7 Å². The molecule has 0 aromatic carbocycles. The first kappa shape index (κ1) is 15.0. The second-order valence-electron chi connectivity index (χ2n) is 5.23. The molecule has 0 radical (unpaired) electrons. The largest absolute Gasteiger partial charge is 0.357 e. The fraction of sp³-hybridized carbons (Fsp3) is 0.733. The first-order chi connectivity index (χ1) is 9.67. The van der Waals surface area contributed by atoms with Crippen molar-refractivity contribution in [3.63, 3.8) is 0 Å². The summed E-state index contributed by atoms with van der Waals surface area (Å²) in [5, 5.41) is 0. The summed E-state index contributed by atoms with van der Waals surface area (Å²) < 4.78 is 0. The van der Waals surface area contributed by atoms with Gasteiger partial charge in [-0.05, 0) is 27.3 Å². The maximum Gasteiger partial charge on any atom is 0.134 e. The minimum Gasteiger partial charge on any atom is -0.357 e. The van der Waals surface area contributed by atoms with Gasteiger partial charge in [0, 0.05) is 45.3 Å². The molecule has 0 aliphatic carbocycles. The smallest absolute Gasteiger partial charge is 0.134 e. The van der Waals surface area contributed by atoms with Crippen molar-refractivity contribution in [3.05, 3.63) is 11.9 Å². The van der Waals surface area contributed by atoms with Crippen LogP contribution in [0.2, 0.25) is 0 Å². The Morgan fingerprint density at radius 3 is 2.25 bits per heavy atom. The van der Waals surface area contributed by atoms with E-state index in [1.54, 1.807) is 0 Å². The van der Waals surface area contributed by atoms with E-state index in [9.17, 15) is 0 Å². The average Bonchev–Trinajstić information content (AvgIpc) is 2.48. The van der Waals surface area contributed by atoms with Crippen LogP contribution < -0.4 is 9.80 Å². The minimum atomic E-state index is 0.863. The minimum absolute atomic E-state index is 0.863. The van der Waals surface area contributed by atoms with Crippen LogP contribution >= 0.6 is 0 Å². The zero-order chi connectivity index (χ0) is 14.5. The molecule has 1 aliphatic heterocycles. The van der Waals surface area contributed by atoms with Gasteiger partial charge in [-0.25, -0.2) is 9.97 Å². The van der Waals surface area contributed by atoms with Gasteiger partial charge in [0.15, 0.2) is 0 Å². The van der Waals surface area contributed by atoms with E-state index in [-0.39, 0.29) is 0 Å². The molecule has 20 heavy (non-hydrogen) atoms. The Morgan fingerprint density at radius 2 is 1.70 bits per heavy atom. The molecule has 2 heterocycles. The van der Waals surface area contributed by atoms with Crippen molar-refractivity contribution in [1.29, 1.82) is 0 Å². The van der Waals surface area contributed by atoms with Gasteiger partial charge in [-0.15, -0.1) is 0 Å². The molecular formula is C15H27N5. The lowest BCUT2D eigenvalue weighted by molar-refractivity contribution is 0.270. The highest BCUT2D eigenvalue weighted by Gasteiger charge is 2.18. The summed E-state index contributed by atoms with van der Waals surface area (Å²) in [6, 6.07) is 2.14. The van der Waals surface area contributed by atoms with E-state index in [2.05, 4.69) is 51.5 Å². The second-order valence-corrected chi connectivity index (χ2v) is 5.23. The lowest BCUT2D eigenvalue weighted by Crippen LogP contribution is -2.46. The summed E-state index contributed by atoms with van der Waals surface area (Å²) in [6.07, 6.45) is 0. The van der Waals surface area contributed by atoms with E-state index >= 15 is 0 Å². The van der Waals surface area contributed by atoms with Crippen LogP contribution in [0.4, 0.5) is 11.6 Å². The van der Waals surface area contributed by atoms with Crippen LogP contribution in [0.3, 0.4) is 0 Å². The molecule has 5 heteroatoms. The SMILES string of the molecule is CCN1CCN(c2cc(N(CC)CC)nc(C)n2)CC1. The van der Waals surface area contributed by atoms with Crippen LogP contribution in [0.5, 0.6) is 0 Å². The standard InChI is InChI=1S/C15H27N5/c1-5-18-8-10-20(11-9-18)15-12-14(16-13(4)17-15)19(6-2)7-3/h12H,5-11H2,1-4H3. The third kappa shape index (κ3) is 3.39. The molecule has 0 saturated carbocycles. The zero-order valence-corrected chi connectivity index (χ0v) is 13.3. The Kier molecular flexibility index (Phi) is 5.17. The first-order valence-electron chi connectivity index (χ1n) is 7.75. The lowest BCUT2D eigenvalue weighted by atomic mass is 10.3. The van der Waals surface area contributed by atoms with Gasteiger partial charge in [0.1, 0.15) is 17.5 Å². The maximum atomic E-state index is 4.63. The number of piperazine rings is 1. The fourth-order valence-electron chi connectivity index (χ4n) is 2.70. The van der Waals surface area contributed by atoms with Gasteiger partial charge in [0.05, 0.1) is 0 Å². The number of aryl methyl sites for hydroxylation is 1. The predicted octanol–water partition coefficient (Wildman–Crippen LogP) is 1.77. The Bertz CT molecular complexity index is 422. The van der Waals surface area contributed by atoms with E-state index in [0.29, 0.717) is 0 Å². The lowest BCUT2D eigenvalue weighted by Gasteiger charge is -2.35. The van der Waals surface area contributed by atoms with E-state index in [0.717, 1.165) is 63.3 Å². The topological polar surface area (TPSA) is 35.5 Å². The number of nitrogens with zero attached hydrogens (tertiary/aromatic N) is 5. The maximum absolute atomic E-state index is 4.63. The molecular weight excluding hydrogens is 250 g/mol. The van der Waals surface area contributed by atoms with Gasteiger partial charge in [-0.2, -0.15) is 0 Å². The zero-order valence-electron chi connectivity index (χ0n) is 13.3. The first-order valence-corrected chi connectivity index (χ1v) is 7.75. The molecule has 1 fully saturated rings. The summed E-state index contributed by atoms with van der Waals surface area (Å²) in [6.45, 7) is 16.0. The van der Waals surface area contributed by atoms with E-state index < -0.39 is 0 Å². The van der Waals surface area contributed by atoms with Crippen LogP contribution in [0, 0.1) is 6.92 Å². The molecule has 1 aromatic rings. The third-order valence-electron chi connectivity index (χ3n) is 4.04. The molecule has 1 saturated heterocycles. The number of rotatable bonds is 5. The monoisotopic (exact) mass is 277 g/mol. The molecule has 0 N–H and O–H groups in total. The molecule has 2 rings (SSSR count). The highest BCUT2D eigenvalue weighted by Crippen LogP contribution is 2.20. The molecule has 0 spiro atoms. The normalized spacial score (nSPS) is 16.5. The van der Waals surface area contributed by atoms with Crippen molar-refractivity contribution in [3.8, 4) is 0 Å². The Morgan fingerprint density at radius 1 is 1.05 bits per heavy atom. The Hall–Kier alpha value is -1.36. The Balaban J connectivity index is 2.16. The van der Waals surface area contributed by atoms with Crippen molar-refractivity contribution < 1.29 is 0 Å². The molecule has 1 aromatic heterocycles. The summed E-state index contributed by atoms with van der Waals surface area (Å²) in [4.78, 5) is 16.4. The molecule has 5 nitrogen and oxygen atoms in total. The van der Waals surface area contributed by atoms with Gasteiger partial charge >= 0.3 is 0 Å². The number of hydrogen-bond acceptors (Lipinski definition) is 5. The van der Waals surface area contributed by atoms with E-state index in [1.807, 2.05) is 6.92 Å². The van der Waals surface area contributed by atoms with Crippen molar-refractivity contribution in [1.82, 2.24) is 14.9 Å². The van der Waals surface area contributed by atoms with Crippen molar-refractivity contribution in [2.75, 3.05) is 55.6 Å². The summed E-state index contributed by atoms with van der Waals surface area (Å²) >= 11 is 0. The molecule has 0 bridgehead atoms. The van der Waals surface area contributed by atoms with Gasteiger partial charge in [-0.3, -0.25) is 0 Å². The van der Waals surface area contributed by atoms with Crippen molar-refractivity contribution in [2.24, 2.45) is 0 Å². The number of likely N-dealkylation sites (N-methyl/N-ethyl adjacent to an activating group) is 1. The Labute approximate surface area is 122 Å². The highest BCUT2D eigenvalue weighted by molar-refractivity contribution is 5.51. The molecule has 112 valence electrons. The molecule has 1 aliphatic rings. The quantitative estimate of drug-likeness (QED) is 0.820. The summed E-state index contributed by atoms with van der Waals surface area (Å²) in [7, 11) is 0. The predicted molar refractivity (Wildman–Crippen MR) is 84.7 cm³/mol. The average molecular weight is 277 g/mol. The molecule has 0 amide bonds. The molecule has 0 unspecified atom stereocenters.